The van der Waals surface area contributed by atoms with Crippen LogP contribution in [0.1, 0.15) is 62.0 Å². The molecule has 11 heteroatoms. The first-order valence-electron chi connectivity index (χ1n) is 11.7. The molecule has 0 aliphatic heterocycles. The molecule has 9 nitrogen and oxygen atoms in total. The Morgan fingerprint density at radius 2 is 1.91 bits per heavy atom. The van der Waals surface area contributed by atoms with Crippen LogP contribution in [0.2, 0.25) is 0 Å². The molecule has 0 radical (unpaired) electrons. The van der Waals surface area contributed by atoms with E-state index in [4.69, 9.17) is 4.74 Å². The lowest BCUT2D eigenvalue weighted by molar-refractivity contribution is 0.140. The topological polar surface area (TPSA) is 108 Å². The molecule has 0 saturated carbocycles. The molecule has 2 rings (SSSR count). The van der Waals surface area contributed by atoms with Crippen molar-refractivity contribution in [3.8, 4) is 0 Å². The van der Waals surface area contributed by atoms with E-state index in [2.05, 4.69) is 53.6 Å². The number of carbonyl (C=O) groups is 2. The molecule has 190 valence electrons. The van der Waals surface area contributed by atoms with E-state index in [0.29, 0.717) is 31.5 Å². The predicted octanol–water partition coefficient (Wildman–Crippen LogP) is 4.19. The van der Waals surface area contributed by atoms with E-state index in [-0.39, 0.29) is 18.7 Å². The zero-order chi connectivity index (χ0) is 24.9. The fourth-order valence-corrected chi connectivity index (χ4v) is 4.35. The summed E-state index contributed by atoms with van der Waals surface area (Å²) in [7, 11) is 1.80. The molecule has 0 spiro atoms. The largest absolute Gasteiger partial charge is 0.444 e. The Hall–Kier alpha value is -2.24. The average Bonchev–Trinajstić information content (AvgIpc) is 3.48. The van der Waals surface area contributed by atoms with Gasteiger partial charge in [-0.05, 0) is 25.3 Å². The first kappa shape index (κ1) is 28.0. The van der Waals surface area contributed by atoms with Crippen molar-refractivity contribution in [3.63, 3.8) is 0 Å². The quantitative estimate of drug-likeness (QED) is 0.329. The van der Waals surface area contributed by atoms with Gasteiger partial charge in [-0.25, -0.2) is 14.6 Å². The van der Waals surface area contributed by atoms with E-state index in [1.807, 2.05) is 5.38 Å². The number of unbranched alkanes of at least 4 members (excludes halogenated alkanes) is 1. The summed E-state index contributed by atoms with van der Waals surface area (Å²) in [4.78, 5) is 35.5. The molecule has 34 heavy (non-hydrogen) atoms. The zero-order valence-electron chi connectivity index (χ0n) is 20.8. The second-order valence-corrected chi connectivity index (χ2v) is 10.7. The lowest BCUT2D eigenvalue weighted by Gasteiger charge is -2.26. The number of thiazole rings is 2. The minimum absolute atomic E-state index is 0.0245. The number of nitrogens with one attached hydrogen (secondary N) is 3. The number of aromatic nitrogens is 2. The molecule has 2 heterocycles. The Morgan fingerprint density at radius 1 is 1.15 bits per heavy atom. The predicted molar refractivity (Wildman–Crippen MR) is 137 cm³/mol. The number of carbonyl (C=O) groups excluding carboxylic acids is 2. The minimum atomic E-state index is -0.411. The normalized spacial score (nSPS) is 12.1. The van der Waals surface area contributed by atoms with Gasteiger partial charge in [0.2, 0.25) is 0 Å². The lowest BCUT2D eigenvalue weighted by atomic mass is 10.0. The molecule has 1 unspecified atom stereocenters. The summed E-state index contributed by atoms with van der Waals surface area (Å²) in [5, 5.41) is 12.4. The van der Waals surface area contributed by atoms with Crippen LogP contribution in [0.3, 0.4) is 0 Å². The number of urea groups is 1. The van der Waals surface area contributed by atoms with Crippen molar-refractivity contribution in [2.75, 3.05) is 26.7 Å². The highest BCUT2D eigenvalue weighted by Crippen LogP contribution is 2.19. The number of nitrogens with zero attached hydrogens (tertiary/aromatic N) is 3. The van der Waals surface area contributed by atoms with E-state index in [1.54, 1.807) is 35.0 Å². The van der Waals surface area contributed by atoms with Gasteiger partial charge in [0.05, 0.1) is 27.6 Å². The SMILES string of the molecule is CC(C)c1nc(CN(C)C(=O)NC(CNCCCCNC(=O)OCc2cncs2)C(C)C)cs1. The minimum Gasteiger partial charge on any atom is -0.444 e. The summed E-state index contributed by atoms with van der Waals surface area (Å²) >= 11 is 3.10. The van der Waals surface area contributed by atoms with Gasteiger partial charge >= 0.3 is 12.1 Å². The number of amides is 3. The first-order valence-corrected chi connectivity index (χ1v) is 13.5. The Labute approximate surface area is 210 Å². The van der Waals surface area contributed by atoms with Gasteiger partial charge in [0.25, 0.3) is 0 Å². The number of ether oxygens (including phenoxy) is 1. The third-order valence-corrected chi connectivity index (χ3v) is 7.11. The van der Waals surface area contributed by atoms with Gasteiger partial charge in [-0.15, -0.1) is 22.7 Å². The van der Waals surface area contributed by atoms with Gasteiger partial charge in [-0.2, -0.15) is 0 Å². The van der Waals surface area contributed by atoms with Gasteiger partial charge in [0, 0.05) is 43.7 Å². The van der Waals surface area contributed by atoms with Crippen molar-refractivity contribution >= 4 is 34.8 Å². The van der Waals surface area contributed by atoms with Crippen LogP contribution >= 0.6 is 22.7 Å². The first-order chi connectivity index (χ1) is 16.3. The standard InChI is InChI=1S/C23H38N6O3S2/c1-16(2)20(28-22(30)29(5)12-18-14-33-21(27-18)17(3)4)11-24-8-6-7-9-26-23(31)32-13-19-10-25-15-34-19/h10,14-17,20,24H,6-9,11-13H2,1-5H3,(H,26,31)(H,28,30). The monoisotopic (exact) mass is 510 g/mol. The van der Waals surface area contributed by atoms with Crippen molar-refractivity contribution in [2.45, 2.75) is 65.6 Å². The van der Waals surface area contributed by atoms with E-state index >= 15 is 0 Å². The van der Waals surface area contributed by atoms with Crippen molar-refractivity contribution in [1.82, 2.24) is 30.8 Å². The molecule has 0 saturated heterocycles. The average molecular weight is 511 g/mol. The molecular weight excluding hydrogens is 472 g/mol. The van der Waals surface area contributed by atoms with Crippen LogP contribution < -0.4 is 16.0 Å². The van der Waals surface area contributed by atoms with Crippen LogP contribution in [-0.4, -0.2) is 59.7 Å². The number of hydrogen-bond acceptors (Lipinski definition) is 8. The fraction of sp³-hybridized carbons (Fsp3) is 0.652. The van der Waals surface area contributed by atoms with Crippen LogP contribution in [-0.2, 0) is 17.9 Å². The van der Waals surface area contributed by atoms with Crippen molar-refractivity contribution in [3.05, 3.63) is 32.7 Å². The maximum Gasteiger partial charge on any atom is 0.407 e. The number of rotatable bonds is 14. The Bertz CT molecular complexity index is 857. The summed E-state index contributed by atoms with van der Waals surface area (Å²) in [6.45, 7) is 11.2. The van der Waals surface area contributed by atoms with Gasteiger partial charge in [0.1, 0.15) is 6.61 Å². The molecular formula is C23H38N6O3S2. The summed E-state index contributed by atoms with van der Waals surface area (Å²) in [6, 6.07) is -0.0721. The molecule has 3 amide bonds. The van der Waals surface area contributed by atoms with Gasteiger partial charge in [-0.1, -0.05) is 27.7 Å². The van der Waals surface area contributed by atoms with Gasteiger partial charge < -0.3 is 25.6 Å². The smallest absolute Gasteiger partial charge is 0.407 e. The van der Waals surface area contributed by atoms with Crippen LogP contribution in [0.25, 0.3) is 0 Å². The van der Waals surface area contributed by atoms with E-state index in [0.717, 1.165) is 35.0 Å². The Morgan fingerprint density at radius 3 is 2.56 bits per heavy atom. The third kappa shape index (κ3) is 10.4. The van der Waals surface area contributed by atoms with E-state index in [9.17, 15) is 9.59 Å². The van der Waals surface area contributed by atoms with Crippen molar-refractivity contribution < 1.29 is 14.3 Å². The van der Waals surface area contributed by atoms with Crippen molar-refractivity contribution in [2.24, 2.45) is 5.92 Å². The fourth-order valence-electron chi connectivity index (χ4n) is 3.02. The van der Waals surface area contributed by atoms with Crippen LogP contribution in [0.4, 0.5) is 9.59 Å². The second kappa shape index (κ2) is 14.9. The van der Waals surface area contributed by atoms with Crippen LogP contribution in [0.5, 0.6) is 0 Å². The number of alkyl carbamates (subject to hydrolysis) is 1. The van der Waals surface area contributed by atoms with Crippen molar-refractivity contribution in [1.29, 1.82) is 0 Å². The molecule has 2 aromatic rings. The summed E-state index contributed by atoms with van der Waals surface area (Å²) in [5.74, 6) is 0.694. The van der Waals surface area contributed by atoms with Crippen LogP contribution in [0, 0.1) is 5.92 Å². The Kier molecular flexibility index (Phi) is 12.3. The van der Waals surface area contributed by atoms with E-state index in [1.165, 1.54) is 11.3 Å². The highest BCUT2D eigenvalue weighted by atomic mass is 32.1. The Balaban J connectivity index is 1.59. The molecule has 0 bridgehead atoms. The maximum absolute atomic E-state index is 12.7. The maximum atomic E-state index is 12.7. The van der Waals surface area contributed by atoms with Gasteiger partial charge in [0.15, 0.2) is 0 Å². The van der Waals surface area contributed by atoms with Crippen LogP contribution in [0.15, 0.2) is 17.1 Å². The molecule has 3 N–H and O–H groups in total. The molecule has 0 aliphatic carbocycles. The number of hydrogen-bond donors (Lipinski definition) is 3. The lowest BCUT2D eigenvalue weighted by Crippen LogP contribution is -2.49. The summed E-state index contributed by atoms with van der Waals surface area (Å²) < 4.78 is 5.13. The molecule has 0 aliphatic rings. The molecule has 1 atom stereocenters. The summed E-state index contributed by atoms with van der Waals surface area (Å²) in [5.41, 5.74) is 2.63. The molecule has 0 fully saturated rings. The van der Waals surface area contributed by atoms with E-state index < -0.39 is 6.09 Å². The second-order valence-electron chi connectivity index (χ2n) is 8.87. The molecule has 0 aromatic carbocycles. The highest BCUT2D eigenvalue weighted by Gasteiger charge is 2.19. The zero-order valence-corrected chi connectivity index (χ0v) is 22.4. The summed E-state index contributed by atoms with van der Waals surface area (Å²) in [6.07, 6.45) is 3.04. The highest BCUT2D eigenvalue weighted by molar-refractivity contribution is 7.09. The third-order valence-electron chi connectivity index (χ3n) is 5.17. The molecule has 2 aromatic heterocycles. The van der Waals surface area contributed by atoms with Gasteiger partial charge in [-0.3, -0.25) is 4.98 Å².